The van der Waals surface area contributed by atoms with Crippen molar-refractivity contribution in [2.45, 2.75) is 42.9 Å². The van der Waals surface area contributed by atoms with E-state index in [0.29, 0.717) is 17.6 Å². The summed E-state index contributed by atoms with van der Waals surface area (Å²) in [5.41, 5.74) is 11.7. The van der Waals surface area contributed by atoms with E-state index >= 15 is 0 Å². The highest BCUT2D eigenvalue weighted by Crippen LogP contribution is 2.48. The molecule has 2 unspecified atom stereocenters. The fourth-order valence-corrected chi connectivity index (χ4v) is 3.20. The Morgan fingerprint density at radius 3 is 2.76 bits per heavy atom. The lowest BCUT2D eigenvalue weighted by Crippen LogP contribution is -2.63. The molecule has 4 rings (SSSR count). The van der Waals surface area contributed by atoms with Gasteiger partial charge < -0.3 is 26.4 Å². The van der Waals surface area contributed by atoms with Crippen LogP contribution in [-0.2, 0) is 4.74 Å². The zero-order valence-corrected chi connectivity index (χ0v) is 11.1. The maximum absolute atomic E-state index is 10.3. The van der Waals surface area contributed by atoms with E-state index in [0.717, 1.165) is 6.42 Å². The van der Waals surface area contributed by atoms with Gasteiger partial charge in [-0.1, -0.05) is 0 Å². The predicted octanol–water partition coefficient (Wildman–Crippen LogP) is -1.48. The summed E-state index contributed by atoms with van der Waals surface area (Å²) < 4.78 is 7.47. The van der Waals surface area contributed by atoms with Crippen LogP contribution >= 0.6 is 0 Å². The molecule has 1 saturated carbocycles. The molecular formula is C12H16N6O3. The van der Waals surface area contributed by atoms with Gasteiger partial charge in [-0.05, 0) is 12.8 Å². The van der Waals surface area contributed by atoms with Crippen LogP contribution in [0.3, 0.4) is 0 Å². The number of ether oxygens (including phenoxy) is 1. The SMILES string of the molecule is Nc1ncnc2c1ncn2C1O[C@]2(CC[C@H]2N)C(O)[C@@H]1O. The normalized spacial score (nSPS) is 39.0. The number of aromatic nitrogens is 4. The third-order valence-corrected chi connectivity index (χ3v) is 4.59. The minimum absolute atomic E-state index is 0.252. The number of hydrogen-bond acceptors (Lipinski definition) is 8. The molecule has 2 aromatic heterocycles. The maximum atomic E-state index is 10.3. The molecule has 2 fully saturated rings. The third kappa shape index (κ3) is 1.51. The first-order valence-electron chi connectivity index (χ1n) is 6.77. The van der Waals surface area contributed by atoms with Gasteiger partial charge in [-0.25, -0.2) is 15.0 Å². The summed E-state index contributed by atoms with van der Waals surface area (Å²) in [7, 11) is 0. The average molecular weight is 292 g/mol. The second-order valence-corrected chi connectivity index (χ2v) is 5.63. The lowest BCUT2D eigenvalue weighted by molar-refractivity contribution is -0.158. The van der Waals surface area contributed by atoms with Crippen molar-refractivity contribution in [2.75, 3.05) is 5.73 Å². The summed E-state index contributed by atoms with van der Waals surface area (Å²) in [5, 5.41) is 20.6. The van der Waals surface area contributed by atoms with Gasteiger partial charge in [-0.2, -0.15) is 0 Å². The first-order valence-corrected chi connectivity index (χ1v) is 6.77. The Morgan fingerprint density at radius 1 is 1.33 bits per heavy atom. The van der Waals surface area contributed by atoms with Gasteiger partial charge in [-0.3, -0.25) is 4.57 Å². The number of hydrogen-bond donors (Lipinski definition) is 4. The van der Waals surface area contributed by atoms with Crippen molar-refractivity contribution in [1.29, 1.82) is 0 Å². The van der Waals surface area contributed by atoms with Gasteiger partial charge in [0.05, 0.1) is 6.33 Å². The topological polar surface area (TPSA) is 145 Å². The fraction of sp³-hybridized carbons (Fsp3) is 0.583. The maximum Gasteiger partial charge on any atom is 0.167 e. The number of rotatable bonds is 1. The van der Waals surface area contributed by atoms with E-state index in [9.17, 15) is 10.2 Å². The van der Waals surface area contributed by atoms with Crippen molar-refractivity contribution in [3.63, 3.8) is 0 Å². The highest BCUT2D eigenvalue weighted by molar-refractivity contribution is 5.81. The average Bonchev–Trinajstić information content (AvgIpc) is 3.01. The van der Waals surface area contributed by atoms with Crippen LogP contribution in [0, 0.1) is 0 Å². The fourth-order valence-electron chi connectivity index (χ4n) is 3.20. The highest BCUT2D eigenvalue weighted by atomic mass is 16.6. The van der Waals surface area contributed by atoms with Crippen LogP contribution in [0.25, 0.3) is 11.2 Å². The quantitative estimate of drug-likeness (QED) is 0.498. The Morgan fingerprint density at radius 2 is 2.14 bits per heavy atom. The number of nitrogens with zero attached hydrogens (tertiary/aromatic N) is 4. The van der Waals surface area contributed by atoms with E-state index in [4.69, 9.17) is 16.2 Å². The number of anilines is 1. The van der Waals surface area contributed by atoms with E-state index in [1.807, 2.05) is 0 Å². The Hall–Kier alpha value is -1.81. The predicted molar refractivity (Wildman–Crippen MR) is 71.8 cm³/mol. The largest absolute Gasteiger partial charge is 0.387 e. The number of aliphatic hydroxyl groups is 2. The second kappa shape index (κ2) is 4.10. The molecule has 9 heteroatoms. The molecule has 2 aromatic rings. The van der Waals surface area contributed by atoms with E-state index in [1.54, 1.807) is 4.57 Å². The number of nitrogens with two attached hydrogens (primary N) is 2. The summed E-state index contributed by atoms with van der Waals surface area (Å²) in [4.78, 5) is 12.1. The zero-order valence-electron chi connectivity index (χ0n) is 11.1. The smallest absolute Gasteiger partial charge is 0.167 e. The van der Waals surface area contributed by atoms with Crippen LogP contribution in [0.5, 0.6) is 0 Å². The summed E-state index contributed by atoms with van der Waals surface area (Å²) in [6.45, 7) is 0. The van der Waals surface area contributed by atoms with Crippen LogP contribution in [0.1, 0.15) is 19.1 Å². The van der Waals surface area contributed by atoms with Gasteiger partial charge in [-0.15, -0.1) is 0 Å². The van der Waals surface area contributed by atoms with Crippen molar-refractivity contribution < 1.29 is 14.9 Å². The summed E-state index contributed by atoms with van der Waals surface area (Å²) >= 11 is 0. The first kappa shape index (κ1) is 12.9. The van der Waals surface area contributed by atoms with Gasteiger partial charge in [0.2, 0.25) is 0 Å². The van der Waals surface area contributed by atoms with Gasteiger partial charge >= 0.3 is 0 Å². The summed E-state index contributed by atoms with van der Waals surface area (Å²) in [5.74, 6) is 0.252. The Labute approximate surface area is 119 Å². The molecule has 9 nitrogen and oxygen atoms in total. The number of imidazole rings is 1. The van der Waals surface area contributed by atoms with E-state index in [-0.39, 0.29) is 11.9 Å². The Bertz CT molecular complexity index is 705. The Balaban J connectivity index is 1.78. The van der Waals surface area contributed by atoms with Crippen LogP contribution in [0.15, 0.2) is 12.7 Å². The van der Waals surface area contributed by atoms with Crippen molar-refractivity contribution in [2.24, 2.45) is 5.73 Å². The minimum atomic E-state index is -1.11. The zero-order chi connectivity index (χ0) is 14.8. The molecule has 1 saturated heterocycles. The van der Waals surface area contributed by atoms with Crippen molar-refractivity contribution >= 4 is 17.0 Å². The van der Waals surface area contributed by atoms with Gasteiger partial charge in [0.1, 0.15) is 29.7 Å². The van der Waals surface area contributed by atoms with Crippen LogP contribution in [0.4, 0.5) is 5.82 Å². The molecule has 1 spiro atoms. The number of fused-ring (bicyclic) bond motifs is 1. The third-order valence-electron chi connectivity index (χ3n) is 4.59. The molecule has 2 aliphatic rings. The summed E-state index contributed by atoms with van der Waals surface area (Å²) in [6, 6.07) is -0.290. The summed E-state index contributed by atoms with van der Waals surface area (Å²) in [6.07, 6.45) is 1.22. The van der Waals surface area contributed by atoms with Crippen LogP contribution in [0.2, 0.25) is 0 Å². The molecule has 3 heterocycles. The van der Waals surface area contributed by atoms with Crippen molar-refractivity contribution in [3.8, 4) is 0 Å². The molecule has 112 valence electrons. The molecular weight excluding hydrogens is 276 g/mol. The molecule has 0 radical (unpaired) electrons. The molecule has 5 atom stereocenters. The highest BCUT2D eigenvalue weighted by Gasteiger charge is 2.62. The number of aliphatic hydroxyl groups excluding tert-OH is 2. The van der Waals surface area contributed by atoms with Gasteiger partial charge in [0, 0.05) is 6.04 Å². The molecule has 21 heavy (non-hydrogen) atoms. The Kier molecular flexibility index (Phi) is 2.52. The van der Waals surface area contributed by atoms with E-state index in [2.05, 4.69) is 15.0 Å². The lowest BCUT2D eigenvalue weighted by Gasteiger charge is -2.46. The molecule has 0 aromatic carbocycles. The van der Waals surface area contributed by atoms with Gasteiger partial charge in [0.15, 0.2) is 17.7 Å². The van der Waals surface area contributed by atoms with Gasteiger partial charge in [0.25, 0.3) is 0 Å². The van der Waals surface area contributed by atoms with Crippen LogP contribution < -0.4 is 11.5 Å². The molecule has 6 N–H and O–H groups in total. The standard InChI is InChI=1S/C12H16N6O3/c13-5-1-2-12(5)8(20)7(19)11(21-12)18-4-17-6-9(14)15-3-16-10(6)18/h3-5,7-8,11,19-20H,1-2,13H2,(H2,14,15,16)/t5-,7+,8?,11?,12+/m1/s1. The first-order chi connectivity index (χ1) is 10.0. The van der Waals surface area contributed by atoms with Crippen LogP contribution in [-0.4, -0.2) is 53.6 Å². The van der Waals surface area contributed by atoms with Crippen molar-refractivity contribution in [3.05, 3.63) is 12.7 Å². The number of nitrogen functional groups attached to an aromatic ring is 1. The van der Waals surface area contributed by atoms with Crippen molar-refractivity contribution in [1.82, 2.24) is 19.5 Å². The second-order valence-electron chi connectivity index (χ2n) is 5.63. The molecule has 0 bridgehead atoms. The van der Waals surface area contributed by atoms with E-state index < -0.39 is 24.0 Å². The lowest BCUT2D eigenvalue weighted by atomic mass is 9.71. The minimum Gasteiger partial charge on any atom is -0.387 e. The monoisotopic (exact) mass is 292 g/mol. The molecule has 1 aliphatic carbocycles. The molecule has 1 aliphatic heterocycles. The van der Waals surface area contributed by atoms with E-state index in [1.165, 1.54) is 12.7 Å². The molecule has 0 amide bonds.